The van der Waals surface area contributed by atoms with Crippen LogP contribution in [0, 0.1) is 41.5 Å². The lowest BCUT2D eigenvalue weighted by atomic mass is 9.88. The predicted octanol–water partition coefficient (Wildman–Crippen LogP) is 6.28. The van der Waals surface area contributed by atoms with E-state index >= 15 is 0 Å². The van der Waals surface area contributed by atoms with Gasteiger partial charge in [0.25, 0.3) is 5.91 Å². The number of carbonyl (C=O) groups is 1. The molecule has 0 spiro atoms. The molecular formula is C28H31NO2. The third kappa shape index (κ3) is 4.88. The summed E-state index contributed by atoms with van der Waals surface area (Å²) in [6.45, 7) is 12.4. The number of nitrogens with one attached hydrogen (secondary N) is 1. The average molecular weight is 414 g/mol. The first kappa shape index (κ1) is 22.4. The van der Waals surface area contributed by atoms with E-state index in [-0.39, 0.29) is 11.7 Å². The highest BCUT2D eigenvalue weighted by molar-refractivity contribution is 6.26. The lowest BCUT2D eigenvalue weighted by Crippen LogP contribution is -2.25. The zero-order valence-corrected chi connectivity index (χ0v) is 19.3. The molecule has 0 heterocycles. The monoisotopic (exact) mass is 413 g/mol. The van der Waals surface area contributed by atoms with Crippen LogP contribution in [0.4, 0.5) is 0 Å². The second-order valence-corrected chi connectivity index (χ2v) is 8.44. The van der Waals surface area contributed by atoms with Gasteiger partial charge in [0.15, 0.2) is 0 Å². The maximum atomic E-state index is 13.5. The van der Waals surface area contributed by atoms with Crippen LogP contribution in [0.25, 0.3) is 11.3 Å². The summed E-state index contributed by atoms with van der Waals surface area (Å²) in [6.07, 6.45) is 0. The molecule has 0 atom stereocenters. The molecular weight excluding hydrogens is 382 g/mol. The molecule has 160 valence electrons. The van der Waals surface area contributed by atoms with Gasteiger partial charge in [-0.05, 0) is 74.9 Å². The van der Waals surface area contributed by atoms with E-state index in [1.54, 1.807) is 0 Å². The normalized spacial score (nSPS) is 11.8. The molecule has 0 bridgehead atoms. The quantitative estimate of drug-likeness (QED) is 0.294. The fourth-order valence-electron chi connectivity index (χ4n) is 4.46. The van der Waals surface area contributed by atoms with Crippen LogP contribution in [0.15, 0.2) is 54.6 Å². The molecule has 31 heavy (non-hydrogen) atoms. The summed E-state index contributed by atoms with van der Waals surface area (Å²) in [5, 5.41) is 14.5. The van der Waals surface area contributed by atoms with E-state index in [2.05, 4.69) is 17.4 Å². The standard InChI is InChI=1S/C28H31NO2/c1-17-12-19(3)24(20(4)13-17)26(28(31)29-16-23-10-8-7-9-11-23)27(30)25-21(5)14-18(2)15-22(25)6/h7-15,30H,16H2,1-6H3,(H,29,31)/b27-26+. The van der Waals surface area contributed by atoms with Gasteiger partial charge < -0.3 is 10.4 Å². The van der Waals surface area contributed by atoms with E-state index in [1.165, 1.54) is 0 Å². The maximum Gasteiger partial charge on any atom is 0.255 e. The van der Waals surface area contributed by atoms with Crippen molar-refractivity contribution in [3.63, 3.8) is 0 Å². The van der Waals surface area contributed by atoms with E-state index in [0.717, 1.165) is 50.1 Å². The van der Waals surface area contributed by atoms with Gasteiger partial charge in [0.05, 0.1) is 5.57 Å². The topological polar surface area (TPSA) is 49.3 Å². The molecule has 0 aliphatic rings. The number of hydrogen-bond donors (Lipinski definition) is 2. The van der Waals surface area contributed by atoms with Gasteiger partial charge in [-0.3, -0.25) is 4.79 Å². The third-order valence-corrected chi connectivity index (χ3v) is 5.60. The minimum Gasteiger partial charge on any atom is -0.506 e. The number of amides is 1. The molecule has 0 saturated heterocycles. The van der Waals surface area contributed by atoms with Crippen molar-refractivity contribution in [1.29, 1.82) is 0 Å². The third-order valence-electron chi connectivity index (χ3n) is 5.60. The minimum absolute atomic E-state index is 0.0237. The number of aryl methyl sites for hydroxylation is 6. The van der Waals surface area contributed by atoms with E-state index in [0.29, 0.717) is 12.1 Å². The molecule has 0 fully saturated rings. The Hall–Kier alpha value is -3.33. The number of carbonyl (C=O) groups excluding carboxylic acids is 1. The van der Waals surface area contributed by atoms with Crippen molar-refractivity contribution in [3.8, 4) is 0 Å². The molecule has 0 aliphatic carbocycles. The van der Waals surface area contributed by atoms with Crippen LogP contribution in [0.2, 0.25) is 0 Å². The van der Waals surface area contributed by atoms with Crippen molar-refractivity contribution >= 4 is 17.2 Å². The lowest BCUT2D eigenvalue weighted by molar-refractivity contribution is -0.115. The molecule has 0 aliphatic heterocycles. The molecule has 2 N–H and O–H groups in total. The average Bonchev–Trinajstić information content (AvgIpc) is 2.68. The Morgan fingerprint density at radius 1 is 0.742 bits per heavy atom. The Balaban J connectivity index is 2.18. The van der Waals surface area contributed by atoms with Gasteiger partial charge in [-0.1, -0.05) is 65.7 Å². The Bertz CT molecular complexity index is 1110. The number of hydrogen-bond acceptors (Lipinski definition) is 2. The summed E-state index contributed by atoms with van der Waals surface area (Å²) in [6, 6.07) is 18.0. The lowest BCUT2D eigenvalue weighted by Gasteiger charge is -2.19. The minimum atomic E-state index is -0.282. The SMILES string of the molecule is Cc1cc(C)c(/C(O)=C(\C(=O)NCc2ccccc2)c2c(C)cc(C)cc2C)c(C)c1. The molecule has 3 aromatic carbocycles. The summed E-state index contributed by atoms with van der Waals surface area (Å²) in [7, 11) is 0. The first-order valence-corrected chi connectivity index (χ1v) is 10.6. The van der Waals surface area contributed by atoms with Gasteiger partial charge in [-0.2, -0.15) is 0 Å². The van der Waals surface area contributed by atoms with Crippen LogP contribution < -0.4 is 5.32 Å². The summed E-state index contributed by atoms with van der Waals surface area (Å²) in [5.41, 5.74) is 8.93. The van der Waals surface area contributed by atoms with Crippen molar-refractivity contribution in [2.24, 2.45) is 0 Å². The van der Waals surface area contributed by atoms with Crippen LogP contribution >= 0.6 is 0 Å². The van der Waals surface area contributed by atoms with Gasteiger partial charge in [-0.15, -0.1) is 0 Å². The van der Waals surface area contributed by atoms with Crippen molar-refractivity contribution in [1.82, 2.24) is 5.32 Å². The molecule has 0 aromatic heterocycles. The van der Waals surface area contributed by atoms with Crippen molar-refractivity contribution in [3.05, 3.63) is 105 Å². The number of aliphatic hydroxyl groups is 1. The summed E-state index contributed by atoms with van der Waals surface area (Å²) >= 11 is 0. The van der Waals surface area contributed by atoms with Crippen molar-refractivity contribution in [2.75, 3.05) is 0 Å². The molecule has 0 unspecified atom stereocenters. The molecule has 3 heteroatoms. The Morgan fingerprint density at radius 3 is 1.68 bits per heavy atom. The number of rotatable bonds is 5. The Labute approximate surface area is 185 Å². The molecule has 0 saturated carbocycles. The van der Waals surface area contributed by atoms with Gasteiger partial charge in [0, 0.05) is 12.1 Å². The van der Waals surface area contributed by atoms with E-state index in [4.69, 9.17) is 0 Å². The van der Waals surface area contributed by atoms with Gasteiger partial charge in [0.2, 0.25) is 0 Å². The molecule has 0 radical (unpaired) electrons. The van der Waals surface area contributed by atoms with Crippen LogP contribution in [0.1, 0.15) is 50.1 Å². The van der Waals surface area contributed by atoms with Crippen LogP contribution in [0.5, 0.6) is 0 Å². The molecule has 3 rings (SSSR count). The van der Waals surface area contributed by atoms with Crippen molar-refractivity contribution in [2.45, 2.75) is 48.1 Å². The number of benzene rings is 3. The van der Waals surface area contributed by atoms with E-state index in [9.17, 15) is 9.90 Å². The van der Waals surface area contributed by atoms with E-state index < -0.39 is 0 Å². The van der Waals surface area contributed by atoms with Gasteiger partial charge in [0.1, 0.15) is 5.76 Å². The molecule has 3 aromatic rings. The second kappa shape index (κ2) is 9.22. The zero-order valence-electron chi connectivity index (χ0n) is 19.3. The highest BCUT2D eigenvalue weighted by atomic mass is 16.3. The predicted molar refractivity (Wildman–Crippen MR) is 129 cm³/mol. The Kier molecular flexibility index (Phi) is 6.65. The van der Waals surface area contributed by atoms with E-state index in [1.807, 2.05) is 84.0 Å². The van der Waals surface area contributed by atoms with Crippen molar-refractivity contribution < 1.29 is 9.90 Å². The largest absolute Gasteiger partial charge is 0.506 e. The summed E-state index contributed by atoms with van der Waals surface area (Å²) in [5.74, 6) is -0.258. The molecule has 1 amide bonds. The number of aliphatic hydroxyl groups excluding tert-OH is 1. The fourth-order valence-corrected chi connectivity index (χ4v) is 4.46. The first-order valence-electron chi connectivity index (χ1n) is 10.6. The smallest absolute Gasteiger partial charge is 0.255 e. The van der Waals surface area contributed by atoms with Gasteiger partial charge >= 0.3 is 0 Å². The van der Waals surface area contributed by atoms with Gasteiger partial charge in [-0.25, -0.2) is 0 Å². The van der Waals surface area contributed by atoms with Crippen LogP contribution in [-0.4, -0.2) is 11.0 Å². The summed E-state index contributed by atoms with van der Waals surface area (Å²) < 4.78 is 0. The first-order chi connectivity index (χ1) is 14.7. The Morgan fingerprint density at radius 2 is 1.19 bits per heavy atom. The zero-order chi connectivity index (χ0) is 22.7. The highest BCUT2D eigenvalue weighted by Crippen LogP contribution is 2.33. The maximum absolute atomic E-state index is 13.5. The fraction of sp³-hybridized carbons (Fsp3) is 0.250. The summed E-state index contributed by atoms with van der Waals surface area (Å²) in [4.78, 5) is 13.5. The second-order valence-electron chi connectivity index (χ2n) is 8.44. The van der Waals surface area contributed by atoms with Crippen LogP contribution in [0.3, 0.4) is 0 Å². The molecule has 3 nitrogen and oxygen atoms in total. The highest BCUT2D eigenvalue weighted by Gasteiger charge is 2.24. The van der Waals surface area contributed by atoms with Crippen LogP contribution in [-0.2, 0) is 11.3 Å².